The fourth-order valence-electron chi connectivity index (χ4n) is 1.58. The van der Waals surface area contributed by atoms with Gasteiger partial charge in [0.1, 0.15) is 5.75 Å². The van der Waals surface area contributed by atoms with Gasteiger partial charge in [-0.05, 0) is 24.6 Å². The van der Waals surface area contributed by atoms with Gasteiger partial charge in [-0.15, -0.1) is 0 Å². The van der Waals surface area contributed by atoms with E-state index in [4.69, 9.17) is 11.6 Å². The zero-order chi connectivity index (χ0) is 11.8. The van der Waals surface area contributed by atoms with Crippen LogP contribution in [0.25, 0.3) is 0 Å². The number of hydrogen-bond acceptors (Lipinski definition) is 2. The summed E-state index contributed by atoms with van der Waals surface area (Å²) < 4.78 is 0. The highest BCUT2D eigenvalue weighted by Gasteiger charge is 1.98. The minimum Gasteiger partial charge on any atom is -0.506 e. The van der Waals surface area contributed by atoms with Crippen LogP contribution >= 0.6 is 11.6 Å². The molecule has 0 bridgehead atoms. The molecule has 0 aromatic heterocycles. The second-order valence-electron chi connectivity index (χ2n) is 4.01. The lowest BCUT2D eigenvalue weighted by molar-refractivity contribution is 0.475. The number of unbranched alkanes of at least 4 members (excludes halogenated alkanes) is 4. The summed E-state index contributed by atoms with van der Waals surface area (Å²) in [6.07, 6.45) is 6.37. The number of aromatic hydroxyl groups is 1. The van der Waals surface area contributed by atoms with E-state index in [2.05, 4.69) is 12.2 Å². The molecule has 90 valence electrons. The zero-order valence-corrected chi connectivity index (χ0v) is 10.6. The molecule has 0 fully saturated rings. The molecule has 2 nitrogen and oxygen atoms in total. The van der Waals surface area contributed by atoms with Crippen molar-refractivity contribution in [2.75, 3.05) is 11.9 Å². The normalized spacial score (nSPS) is 10.4. The predicted octanol–water partition coefficient (Wildman–Crippen LogP) is 4.43. The molecule has 0 atom stereocenters. The molecule has 0 aliphatic carbocycles. The Morgan fingerprint density at radius 3 is 2.62 bits per heavy atom. The Bertz CT molecular complexity index is 315. The minimum absolute atomic E-state index is 0.134. The van der Waals surface area contributed by atoms with Crippen molar-refractivity contribution in [3.63, 3.8) is 0 Å². The van der Waals surface area contributed by atoms with E-state index in [1.54, 1.807) is 12.1 Å². The molecule has 3 heteroatoms. The van der Waals surface area contributed by atoms with Gasteiger partial charge in [-0.2, -0.15) is 0 Å². The average Bonchev–Trinajstić information content (AvgIpc) is 2.28. The van der Waals surface area contributed by atoms with Gasteiger partial charge in [0.05, 0.1) is 5.02 Å². The third-order valence-electron chi connectivity index (χ3n) is 2.56. The van der Waals surface area contributed by atoms with Gasteiger partial charge in [0.15, 0.2) is 0 Å². The van der Waals surface area contributed by atoms with Crippen LogP contribution in [0.15, 0.2) is 18.2 Å². The number of phenolic OH excluding ortho intramolecular Hbond substituents is 1. The molecule has 1 rings (SSSR count). The number of hydrogen-bond donors (Lipinski definition) is 2. The first-order valence-electron chi connectivity index (χ1n) is 5.96. The SMILES string of the molecule is CCCCCCCNc1ccc(O)c(Cl)c1. The largest absolute Gasteiger partial charge is 0.506 e. The van der Waals surface area contributed by atoms with E-state index in [0.29, 0.717) is 5.02 Å². The van der Waals surface area contributed by atoms with Gasteiger partial charge in [0.25, 0.3) is 0 Å². The topological polar surface area (TPSA) is 32.3 Å². The molecule has 0 saturated heterocycles. The van der Waals surface area contributed by atoms with Gasteiger partial charge in [-0.25, -0.2) is 0 Å². The quantitative estimate of drug-likeness (QED) is 0.547. The lowest BCUT2D eigenvalue weighted by Crippen LogP contribution is -2.01. The molecular formula is C13H20ClNO. The molecule has 0 amide bonds. The van der Waals surface area contributed by atoms with Gasteiger partial charge < -0.3 is 10.4 Å². The Labute approximate surface area is 103 Å². The van der Waals surface area contributed by atoms with Gasteiger partial charge in [-0.3, -0.25) is 0 Å². The summed E-state index contributed by atoms with van der Waals surface area (Å²) in [5.41, 5.74) is 0.971. The number of benzene rings is 1. The van der Waals surface area contributed by atoms with Crippen molar-refractivity contribution in [3.8, 4) is 5.75 Å². The monoisotopic (exact) mass is 241 g/mol. The van der Waals surface area contributed by atoms with Crippen LogP contribution in [0, 0.1) is 0 Å². The van der Waals surface area contributed by atoms with E-state index in [9.17, 15) is 5.11 Å². The molecule has 0 heterocycles. The Morgan fingerprint density at radius 2 is 1.94 bits per heavy atom. The van der Waals surface area contributed by atoms with Crippen LogP contribution in [0.4, 0.5) is 5.69 Å². The summed E-state index contributed by atoms with van der Waals surface area (Å²) in [6, 6.07) is 5.21. The average molecular weight is 242 g/mol. The van der Waals surface area contributed by atoms with E-state index >= 15 is 0 Å². The maximum Gasteiger partial charge on any atom is 0.134 e. The lowest BCUT2D eigenvalue weighted by atomic mass is 10.1. The maximum absolute atomic E-state index is 9.25. The Morgan fingerprint density at radius 1 is 1.19 bits per heavy atom. The van der Waals surface area contributed by atoms with E-state index < -0.39 is 0 Å². The van der Waals surface area contributed by atoms with Gasteiger partial charge >= 0.3 is 0 Å². The number of halogens is 1. The second kappa shape index (κ2) is 7.39. The Balaban J connectivity index is 2.19. The van der Waals surface area contributed by atoms with Crippen LogP contribution in [-0.4, -0.2) is 11.7 Å². The first-order chi connectivity index (χ1) is 7.74. The molecule has 2 N–H and O–H groups in total. The smallest absolute Gasteiger partial charge is 0.134 e. The summed E-state index contributed by atoms with van der Waals surface area (Å²) in [4.78, 5) is 0. The summed E-state index contributed by atoms with van der Waals surface area (Å²) >= 11 is 5.81. The van der Waals surface area contributed by atoms with Crippen LogP contribution in [0.3, 0.4) is 0 Å². The summed E-state index contributed by atoms with van der Waals surface area (Å²) in [5, 5.41) is 12.9. The minimum atomic E-state index is 0.134. The van der Waals surface area contributed by atoms with Gasteiger partial charge in [-0.1, -0.05) is 44.2 Å². The highest BCUT2D eigenvalue weighted by molar-refractivity contribution is 6.32. The van der Waals surface area contributed by atoms with Crippen LogP contribution < -0.4 is 5.32 Å². The zero-order valence-electron chi connectivity index (χ0n) is 9.80. The summed E-state index contributed by atoms with van der Waals surface area (Å²) in [5.74, 6) is 0.134. The van der Waals surface area contributed by atoms with Gasteiger partial charge in [0.2, 0.25) is 0 Å². The molecule has 0 unspecified atom stereocenters. The van der Waals surface area contributed by atoms with Crippen molar-refractivity contribution in [1.82, 2.24) is 0 Å². The predicted molar refractivity (Wildman–Crippen MR) is 70.4 cm³/mol. The maximum atomic E-state index is 9.25. The molecule has 16 heavy (non-hydrogen) atoms. The molecular weight excluding hydrogens is 222 g/mol. The molecule has 0 saturated carbocycles. The van der Waals surface area contributed by atoms with E-state index in [-0.39, 0.29) is 5.75 Å². The van der Waals surface area contributed by atoms with E-state index in [0.717, 1.165) is 12.2 Å². The highest BCUT2D eigenvalue weighted by Crippen LogP contribution is 2.25. The number of anilines is 1. The molecule has 0 radical (unpaired) electrons. The fourth-order valence-corrected chi connectivity index (χ4v) is 1.76. The molecule has 1 aromatic carbocycles. The van der Waals surface area contributed by atoms with E-state index in [1.165, 1.54) is 32.1 Å². The molecule has 1 aromatic rings. The van der Waals surface area contributed by atoms with Crippen molar-refractivity contribution in [1.29, 1.82) is 0 Å². The Hall–Kier alpha value is -0.890. The standard InChI is InChI=1S/C13H20ClNO/c1-2-3-4-5-6-9-15-11-7-8-13(16)12(14)10-11/h7-8,10,15-16H,2-6,9H2,1H3. The third-order valence-corrected chi connectivity index (χ3v) is 2.86. The summed E-state index contributed by atoms with van der Waals surface area (Å²) in [7, 11) is 0. The number of phenols is 1. The van der Waals surface area contributed by atoms with Crippen LogP contribution in [0.1, 0.15) is 39.0 Å². The van der Waals surface area contributed by atoms with Crippen molar-refractivity contribution in [2.45, 2.75) is 39.0 Å². The lowest BCUT2D eigenvalue weighted by Gasteiger charge is -2.07. The van der Waals surface area contributed by atoms with Crippen LogP contribution in [-0.2, 0) is 0 Å². The molecule has 0 aliphatic heterocycles. The molecule has 0 spiro atoms. The van der Waals surface area contributed by atoms with Gasteiger partial charge in [0, 0.05) is 12.2 Å². The van der Waals surface area contributed by atoms with Crippen molar-refractivity contribution in [3.05, 3.63) is 23.2 Å². The number of nitrogens with one attached hydrogen (secondary N) is 1. The number of rotatable bonds is 7. The van der Waals surface area contributed by atoms with Crippen molar-refractivity contribution >= 4 is 17.3 Å². The third kappa shape index (κ3) is 4.75. The van der Waals surface area contributed by atoms with Crippen molar-refractivity contribution < 1.29 is 5.11 Å². The fraction of sp³-hybridized carbons (Fsp3) is 0.538. The second-order valence-corrected chi connectivity index (χ2v) is 4.41. The van der Waals surface area contributed by atoms with E-state index in [1.807, 2.05) is 6.07 Å². The van der Waals surface area contributed by atoms with Crippen molar-refractivity contribution in [2.24, 2.45) is 0 Å². The first-order valence-corrected chi connectivity index (χ1v) is 6.34. The highest BCUT2D eigenvalue weighted by atomic mass is 35.5. The van der Waals surface area contributed by atoms with Crippen LogP contribution in [0.2, 0.25) is 5.02 Å². The summed E-state index contributed by atoms with van der Waals surface area (Å²) in [6.45, 7) is 3.18. The van der Waals surface area contributed by atoms with Crippen LogP contribution in [0.5, 0.6) is 5.75 Å². The Kier molecular flexibility index (Phi) is 6.09. The first kappa shape index (κ1) is 13.2. The molecule has 0 aliphatic rings.